The van der Waals surface area contributed by atoms with Gasteiger partial charge in [0.2, 0.25) is 0 Å². The van der Waals surface area contributed by atoms with Crippen LogP contribution >= 0.6 is 0 Å². The summed E-state index contributed by atoms with van der Waals surface area (Å²) >= 11 is 0. The second-order valence-corrected chi connectivity index (χ2v) is 5.22. The summed E-state index contributed by atoms with van der Waals surface area (Å²) in [5, 5.41) is 7.03. The highest BCUT2D eigenvalue weighted by Crippen LogP contribution is 2.28. The Morgan fingerprint density at radius 2 is 2.06 bits per heavy atom. The van der Waals surface area contributed by atoms with Crippen LogP contribution in [0.1, 0.15) is 25.3 Å². The molecule has 0 aliphatic carbocycles. The molecule has 1 fully saturated rings. The maximum Gasteiger partial charge on any atom is 0.141 e. The third-order valence-electron chi connectivity index (χ3n) is 3.83. The van der Waals surface area contributed by atoms with Crippen molar-refractivity contribution in [3.05, 3.63) is 23.8 Å². The number of methoxy groups -OCH3 is 1. The quantitative estimate of drug-likeness (QED) is 0.859. The second-order valence-electron chi connectivity index (χ2n) is 5.22. The molecule has 3 nitrogen and oxygen atoms in total. The van der Waals surface area contributed by atoms with E-state index >= 15 is 0 Å². The molecule has 0 saturated carbocycles. The van der Waals surface area contributed by atoms with E-state index < -0.39 is 0 Å². The van der Waals surface area contributed by atoms with Crippen LogP contribution < -0.4 is 15.4 Å². The van der Waals surface area contributed by atoms with E-state index in [1.165, 1.54) is 18.4 Å². The molecular weight excluding hydrogens is 224 g/mol. The largest absolute Gasteiger partial charge is 0.495 e. The molecule has 1 aliphatic heterocycles. The standard InChI is InChI=1S/C15H24N2O/c1-11-4-5-15(18-3)14(10-11)17-12(2)13-6-8-16-9-7-13/h4-5,10,12-13,16-17H,6-9H2,1-3H3. The van der Waals surface area contributed by atoms with Gasteiger partial charge in [0.25, 0.3) is 0 Å². The Bertz CT molecular complexity index is 386. The number of hydrogen-bond acceptors (Lipinski definition) is 3. The lowest BCUT2D eigenvalue weighted by molar-refractivity contribution is 0.342. The van der Waals surface area contributed by atoms with Gasteiger partial charge in [-0.1, -0.05) is 6.07 Å². The highest BCUT2D eigenvalue weighted by Gasteiger charge is 2.20. The lowest BCUT2D eigenvalue weighted by Crippen LogP contribution is -2.36. The van der Waals surface area contributed by atoms with Gasteiger partial charge in [-0.05, 0) is 63.4 Å². The highest BCUT2D eigenvalue weighted by molar-refractivity contribution is 5.58. The van der Waals surface area contributed by atoms with Crippen molar-refractivity contribution in [2.45, 2.75) is 32.7 Å². The number of piperidine rings is 1. The molecule has 0 bridgehead atoms. The summed E-state index contributed by atoms with van der Waals surface area (Å²) in [6.45, 7) is 6.67. The van der Waals surface area contributed by atoms with Crippen LogP contribution in [-0.4, -0.2) is 26.2 Å². The van der Waals surface area contributed by atoms with Gasteiger partial charge in [0.15, 0.2) is 0 Å². The summed E-state index contributed by atoms with van der Waals surface area (Å²) < 4.78 is 5.41. The summed E-state index contributed by atoms with van der Waals surface area (Å²) in [5.74, 6) is 1.68. The van der Waals surface area contributed by atoms with Crippen LogP contribution in [0.25, 0.3) is 0 Å². The van der Waals surface area contributed by atoms with Crippen LogP contribution in [0.15, 0.2) is 18.2 Å². The molecule has 2 N–H and O–H groups in total. The van der Waals surface area contributed by atoms with Crippen molar-refractivity contribution in [1.29, 1.82) is 0 Å². The molecule has 1 saturated heterocycles. The lowest BCUT2D eigenvalue weighted by Gasteiger charge is -2.30. The summed E-state index contributed by atoms with van der Waals surface area (Å²) in [4.78, 5) is 0. The van der Waals surface area contributed by atoms with Crippen molar-refractivity contribution < 1.29 is 4.74 Å². The molecule has 3 heteroatoms. The first-order chi connectivity index (χ1) is 8.70. The molecule has 0 radical (unpaired) electrons. The predicted octanol–water partition coefficient (Wildman–Crippen LogP) is 2.80. The Morgan fingerprint density at radius 3 is 2.72 bits per heavy atom. The zero-order valence-corrected chi connectivity index (χ0v) is 11.6. The summed E-state index contributed by atoms with van der Waals surface area (Å²) in [6, 6.07) is 6.77. The number of hydrogen-bond donors (Lipinski definition) is 2. The number of nitrogens with one attached hydrogen (secondary N) is 2. The third-order valence-corrected chi connectivity index (χ3v) is 3.83. The predicted molar refractivity (Wildman–Crippen MR) is 76.4 cm³/mol. The fourth-order valence-corrected chi connectivity index (χ4v) is 2.64. The van der Waals surface area contributed by atoms with Gasteiger partial charge in [-0.2, -0.15) is 0 Å². The molecule has 100 valence electrons. The minimum absolute atomic E-state index is 0.489. The Kier molecular flexibility index (Phi) is 4.48. The van der Waals surface area contributed by atoms with Gasteiger partial charge in [0.05, 0.1) is 12.8 Å². The zero-order valence-electron chi connectivity index (χ0n) is 11.6. The van der Waals surface area contributed by atoms with Gasteiger partial charge in [0.1, 0.15) is 5.75 Å². The molecule has 18 heavy (non-hydrogen) atoms. The van der Waals surface area contributed by atoms with Crippen molar-refractivity contribution in [1.82, 2.24) is 5.32 Å². The molecule has 1 aromatic carbocycles. The maximum atomic E-state index is 5.41. The summed E-state index contributed by atoms with van der Waals surface area (Å²) in [7, 11) is 1.73. The first kappa shape index (κ1) is 13.2. The number of ether oxygens (including phenoxy) is 1. The van der Waals surface area contributed by atoms with Gasteiger partial charge >= 0.3 is 0 Å². The molecular formula is C15H24N2O. The van der Waals surface area contributed by atoms with E-state index in [2.05, 4.69) is 36.6 Å². The Morgan fingerprint density at radius 1 is 1.33 bits per heavy atom. The van der Waals surface area contributed by atoms with Crippen molar-refractivity contribution in [2.75, 3.05) is 25.5 Å². The van der Waals surface area contributed by atoms with Crippen LogP contribution in [0.2, 0.25) is 0 Å². The second kappa shape index (κ2) is 6.10. The van der Waals surface area contributed by atoms with Gasteiger partial charge in [-0.15, -0.1) is 0 Å². The number of anilines is 1. The summed E-state index contributed by atoms with van der Waals surface area (Å²) in [6.07, 6.45) is 2.50. The molecule has 1 unspecified atom stereocenters. The normalized spacial score (nSPS) is 18.4. The Balaban J connectivity index is 2.05. The molecule has 0 spiro atoms. The maximum absolute atomic E-state index is 5.41. The number of aryl methyl sites for hydroxylation is 1. The van der Waals surface area contributed by atoms with Crippen molar-refractivity contribution in [2.24, 2.45) is 5.92 Å². The van der Waals surface area contributed by atoms with Crippen LogP contribution in [0.3, 0.4) is 0 Å². The van der Waals surface area contributed by atoms with E-state index in [0.717, 1.165) is 30.4 Å². The van der Waals surface area contributed by atoms with Gasteiger partial charge in [-0.3, -0.25) is 0 Å². The van der Waals surface area contributed by atoms with Crippen LogP contribution in [0.4, 0.5) is 5.69 Å². The van der Waals surface area contributed by atoms with Crippen LogP contribution in [0.5, 0.6) is 5.75 Å². The smallest absolute Gasteiger partial charge is 0.141 e. The average Bonchev–Trinajstić information content (AvgIpc) is 2.40. The first-order valence-electron chi connectivity index (χ1n) is 6.82. The Hall–Kier alpha value is -1.22. The fraction of sp³-hybridized carbons (Fsp3) is 0.600. The molecule has 2 rings (SSSR count). The molecule has 1 heterocycles. The molecule has 0 amide bonds. The molecule has 0 aromatic heterocycles. The van der Waals surface area contributed by atoms with E-state index in [-0.39, 0.29) is 0 Å². The monoisotopic (exact) mass is 248 g/mol. The van der Waals surface area contributed by atoms with E-state index in [4.69, 9.17) is 4.74 Å². The van der Waals surface area contributed by atoms with Crippen molar-refractivity contribution in [3.8, 4) is 5.75 Å². The van der Waals surface area contributed by atoms with E-state index in [9.17, 15) is 0 Å². The Labute approximate surface area is 110 Å². The van der Waals surface area contributed by atoms with Gasteiger partial charge in [0, 0.05) is 6.04 Å². The topological polar surface area (TPSA) is 33.3 Å². The minimum atomic E-state index is 0.489. The molecule has 1 aromatic rings. The van der Waals surface area contributed by atoms with E-state index in [0.29, 0.717) is 6.04 Å². The van der Waals surface area contributed by atoms with Gasteiger partial charge in [-0.25, -0.2) is 0 Å². The zero-order chi connectivity index (χ0) is 13.0. The lowest BCUT2D eigenvalue weighted by atomic mass is 9.91. The van der Waals surface area contributed by atoms with Crippen LogP contribution in [-0.2, 0) is 0 Å². The van der Waals surface area contributed by atoms with E-state index in [1.54, 1.807) is 7.11 Å². The number of benzene rings is 1. The fourth-order valence-electron chi connectivity index (χ4n) is 2.64. The first-order valence-corrected chi connectivity index (χ1v) is 6.82. The summed E-state index contributed by atoms with van der Waals surface area (Å²) in [5.41, 5.74) is 2.37. The average molecular weight is 248 g/mol. The van der Waals surface area contributed by atoms with E-state index in [1.807, 2.05) is 6.07 Å². The molecule has 1 aliphatic rings. The van der Waals surface area contributed by atoms with Crippen molar-refractivity contribution in [3.63, 3.8) is 0 Å². The highest BCUT2D eigenvalue weighted by atomic mass is 16.5. The minimum Gasteiger partial charge on any atom is -0.495 e. The SMILES string of the molecule is COc1ccc(C)cc1NC(C)C1CCNCC1. The molecule has 1 atom stereocenters. The van der Waals surface area contributed by atoms with Crippen molar-refractivity contribution >= 4 is 5.69 Å². The van der Waals surface area contributed by atoms with Gasteiger partial charge < -0.3 is 15.4 Å². The number of rotatable bonds is 4. The van der Waals surface area contributed by atoms with Crippen LogP contribution in [0, 0.1) is 12.8 Å². The third kappa shape index (κ3) is 3.16.